The molecule has 0 amide bonds. The number of allylic oxidation sites excluding steroid dienone is 2. The Kier molecular flexibility index (Phi) is 6.62. The minimum atomic E-state index is -0.660. The Morgan fingerprint density at radius 3 is 2.44 bits per heavy atom. The van der Waals surface area contributed by atoms with Gasteiger partial charge in [0.15, 0.2) is 10.6 Å². The van der Waals surface area contributed by atoms with Gasteiger partial charge in [-0.15, -0.1) is 0 Å². The van der Waals surface area contributed by atoms with E-state index in [1.165, 1.54) is 23.8 Å². The fraction of sp³-hybridized carbons (Fsp3) is 0.206. The van der Waals surface area contributed by atoms with Crippen LogP contribution in [0, 0.1) is 20.8 Å². The van der Waals surface area contributed by atoms with Gasteiger partial charge in [0.1, 0.15) is 5.75 Å². The van der Waals surface area contributed by atoms with Crippen molar-refractivity contribution in [2.45, 2.75) is 40.7 Å². The van der Waals surface area contributed by atoms with E-state index in [1.54, 1.807) is 11.7 Å². The molecule has 5 aromatic rings. The Hall–Kier alpha value is -4.49. The van der Waals surface area contributed by atoms with Crippen LogP contribution in [0.5, 0.6) is 5.75 Å². The number of aromatic nitrogens is 2. The van der Waals surface area contributed by atoms with Crippen molar-refractivity contribution in [1.82, 2.24) is 9.13 Å². The van der Waals surface area contributed by atoms with Crippen molar-refractivity contribution in [1.29, 1.82) is 0 Å². The van der Waals surface area contributed by atoms with Gasteiger partial charge in [-0.2, -0.15) is 0 Å². The molecular weight excluding hydrogens is 530 g/mol. The molecule has 1 aliphatic rings. The lowest BCUT2D eigenvalue weighted by molar-refractivity contribution is -0.114. The number of hydrogen-bond donors (Lipinski definition) is 0. The maximum Gasteiger partial charge on any atom is 0.271 e. The van der Waals surface area contributed by atoms with E-state index >= 15 is 0 Å². The Morgan fingerprint density at radius 2 is 1.73 bits per heavy atom. The summed E-state index contributed by atoms with van der Waals surface area (Å²) in [5.41, 5.74) is 7.10. The van der Waals surface area contributed by atoms with Crippen LogP contribution in [0.3, 0.4) is 0 Å². The van der Waals surface area contributed by atoms with Gasteiger partial charge in [0.05, 0.1) is 17.7 Å². The maximum atomic E-state index is 14.2. The first-order valence-electron chi connectivity index (χ1n) is 13.5. The highest BCUT2D eigenvalue weighted by Gasteiger charge is 2.33. The molecular formula is C34H31N3O3S. The van der Waals surface area contributed by atoms with Crippen LogP contribution < -0.4 is 19.6 Å². The van der Waals surface area contributed by atoms with Crippen LogP contribution in [0.1, 0.15) is 48.0 Å². The number of fused-ring (bicyclic) bond motifs is 2. The van der Waals surface area contributed by atoms with Gasteiger partial charge in [-0.1, -0.05) is 59.4 Å². The van der Waals surface area contributed by atoms with Crippen LogP contribution in [-0.2, 0) is 4.79 Å². The molecule has 2 aromatic heterocycles. The van der Waals surface area contributed by atoms with Gasteiger partial charge in [0.2, 0.25) is 0 Å². The predicted octanol–water partition coefficient (Wildman–Crippen LogP) is 5.70. The molecule has 0 fully saturated rings. The highest BCUT2D eigenvalue weighted by molar-refractivity contribution is 7.07. The fourth-order valence-corrected chi connectivity index (χ4v) is 6.98. The van der Waals surface area contributed by atoms with Gasteiger partial charge < -0.3 is 9.30 Å². The summed E-state index contributed by atoms with van der Waals surface area (Å²) in [5.74, 6) is 0.500. The quantitative estimate of drug-likeness (QED) is 0.277. The number of ketones is 1. The molecule has 1 unspecified atom stereocenters. The molecule has 0 saturated carbocycles. The first-order chi connectivity index (χ1) is 19.7. The second-order valence-electron chi connectivity index (χ2n) is 10.5. The van der Waals surface area contributed by atoms with Crippen molar-refractivity contribution in [3.63, 3.8) is 0 Å². The molecule has 7 heteroatoms. The summed E-state index contributed by atoms with van der Waals surface area (Å²) in [6, 6.07) is 21.7. The Balaban J connectivity index is 1.60. The van der Waals surface area contributed by atoms with E-state index in [2.05, 4.69) is 55.7 Å². The third kappa shape index (κ3) is 4.37. The number of Topliss-reactive ketones (excluding diaryl/α,β-unsaturated/α-hetero) is 1. The third-order valence-corrected chi connectivity index (χ3v) is 8.86. The average Bonchev–Trinajstić information content (AvgIpc) is 3.41. The van der Waals surface area contributed by atoms with E-state index in [0.29, 0.717) is 26.4 Å². The molecule has 1 aliphatic heterocycles. The molecule has 3 heterocycles. The first kappa shape index (κ1) is 26.7. The summed E-state index contributed by atoms with van der Waals surface area (Å²) >= 11 is 1.35. The zero-order valence-corrected chi connectivity index (χ0v) is 24.8. The third-order valence-electron chi connectivity index (χ3n) is 7.87. The molecule has 1 atom stereocenters. The number of aryl methyl sites for hydroxylation is 2. The van der Waals surface area contributed by atoms with Crippen LogP contribution in [0.4, 0.5) is 0 Å². The molecule has 3 aromatic carbocycles. The number of benzene rings is 3. The normalized spacial score (nSPS) is 15.3. The molecule has 0 spiro atoms. The largest absolute Gasteiger partial charge is 0.496 e. The molecule has 0 saturated heterocycles. The second kappa shape index (κ2) is 10.2. The topological polar surface area (TPSA) is 65.6 Å². The molecule has 6 rings (SSSR count). The van der Waals surface area contributed by atoms with E-state index in [4.69, 9.17) is 9.73 Å². The Labute approximate surface area is 242 Å². The summed E-state index contributed by atoms with van der Waals surface area (Å²) in [7, 11) is 1.62. The average molecular weight is 562 g/mol. The minimum absolute atomic E-state index is 0.123. The number of carbonyl (C=O) groups is 1. The molecule has 6 nitrogen and oxygen atoms in total. The van der Waals surface area contributed by atoms with E-state index < -0.39 is 6.04 Å². The number of carbonyl (C=O) groups excluding carboxylic acids is 1. The van der Waals surface area contributed by atoms with Crippen LogP contribution in [0.2, 0.25) is 0 Å². The monoisotopic (exact) mass is 561 g/mol. The predicted molar refractivity (Wildman–Crippen MR) is 165 cm³/mol. The zero-order valence-electron chi connectivity index (χ0n) is 24.0. The number of rotatable bonds is 5. The highest BCUT2D eigenvalue weighted by Crippen LogP contribution is 2.40. The van der Waals surface area contributed by atoms with Crippen LogP contribution in [-0.4, -0.2) is 22.0 Å². The van der Waals surface area contributed by atoms with Crippen LogP contribution in [0.25, 0.3) is 22.5 Å². The van der Waals surface area contributed by atoms with Crippen molar-refractivity contribution in [2.24, 2.45) is 4.99 Å². The van der Waals surface area contributed by atoms with Crippen LogP contribution in [0.15, 0.2) is 87.8 Å². The van der Waals surface area contributed by atoms with Crippen molar-refractivity contribution in [3.05, 3.63) is 126 Å². The number of ether oxygens (including phenoxy) is 1. The van der Waals surface area contributed by atoms with Gasteiger partial charge in [-0.25, -0.2) is 4.99 Å². The first-order valence-corrected chi connectivity index (χ1v) is 14.4. The van der Waals surface area contributed by atoms with Gasteiger partial charge in [-0.05, 0) is 81.3 Å². The lowest BCUT2D eigenvalue weighted by Gasteiger charge is -2.27. The van der Waals surface area contributed by atoms with E-state index in [0.717, 1.165) is 39.0 Å². The van der Waals surface area contributed by atoms with E-state index in [1.807, 2.05) is 49.4 Å². The molecule has 0 N–H and O–H groups in total. The number of methoxy groups -OCH3 is 1. The lowest BCUT2D eigenvalue weighted by atomic mass is 9.89. The second-order valence-corrected chi connectivity index (χ2v) is 11.5. The summed E-state index contributed by atoms with van der Waals surface area (Å²) in [6.45, 7) is 9.59. The Morgan fingerprint density at radius 1 is 1.00 bits per heavy atom. The SMILES string of the molecule is COc1ccc2ccccc2c1C1C(C(C)=O)=C(C)N=c2s/c(=C\c3cc(C)n(-c4ccc(C)cc4)c3C)c(=O)n21. The number of nitrogens with zero attached hydrogens (tertiary/aromatic N) is 3. The van der Waals surface area contributed by atoms with Crippen molar-refractivity contribution in [2.75, 3.05) is 7.11 Å². The standard InChI is InChI=1S/C34H31N3O3S/c1-19-11-14-26(15-12-19)36-20(2)17-25(22(36)4)18-29-33(39)37-32(30(23(5)38)21(3)35-34(37)41-29)31-27-10-8-7-9-24(27)13-16-28(31)40-6/h7-18,32H,1-6H3/b29-18-. The minimum Gasteiger partial charge on any atom is -0.496 e. The van der Waals surface area contributed by atoms with Gasteiger partial charge >= 0.3 is 0 Å². The molecule has 0 bridgehead atoms. The van der Waals surface area contributed by atoms with Crippen molar-refractivity contribution in [3.8, 4) is 11.4 Å². The van der Waals surface area contributed by atoms with Crippen molar-refractivity contribution >= 4 is 34.0 Å². The molecule has 41 heavy (non-hydrogen) atoms. The Bertz CT molecular complexity index is 2070. The molecule has 206 valence electrons. The van der Waals surface area contributed by atoms with Gasteiger partial charge in [0.25, 0.3) is 5.56 Å². The highest BCUT2D eigenvalue weighted by atomic mass is 32.1. The van der Waals surface area contributed by atoms with E-state index in [9.17, 15) is 9.59 Å². The lowest BCUT2D eigenvalue weighted by Crippen LogP contribution is -2.39. The fourth-order valence-electron chi connectivity index (χ4n) is 5.95. The van der Waals surface area contributed by atoms with Crippen LogP contribution >= 0.6 is 11.3 Å². The van der Waals surface area contributed by atoms with Gasteiger partial charge in [-0.3, -0.25) is 14.2 Å². The summed E-state index contributed by atoms with van der Waals surface area (Å²) in [6.07, 6.45) is 1.95. The summed E-state index contributed by atoms with van der Waals surface area (Å²) in [5, 5.41) is 1.94. The van der Waals surface area contributed by atoms with Gasteiger partial charge in [0, 0.05) is 33.9 Å². The summed E-state index contributed by atoms with van der Waals surface area (Å²) < 4.78 is 10.3. The zero-order chi connectivity index (χ0) is 29.0. The smallest absolute Gasteiger partial charge is 0.271 e. The molecule has 0 aliphatic carbocycles. The number of thiazole rings is 1. The molecule has 0 radical (unpaired) electrons. The number of hydrogen-bond acceptors (Lipinski definition) is 5. The maximum absolute atomic E-state index is 14.2. The van der Waals surface area contributed by atoms with Crippen molar-refractivity contribution < 1.29 is 9.53 Å². The van der Waals surface area contributed by atoms with E-state index in [-0.39, 0.29) is 11.3 Å². The summed E-state index contributed by atoms with van der Waals surface area (Å²) in [4.78, 5) is 32.7.